The van der Waals surface area contributed by atoms with Crippen molar-refractivity contribution < 1.29 is 13.6 Å². The van der Waals surface area contributed by atoms with Crippen molar-refractivity contribution in [3.63, 3.8) is 0 Å². The van der Waals surface area contributed by atoms with E-state index in [4.69, 9.17) is 5.73 Å². The second kappa shape index (κ2) is 8.21. The Morgan fingerprint density at radius 1 is 1.17 bits per heavy atom. The van der Waals surface area contributed by atoms with Crippen LogP contribution in [0.25, 0.3) is 0 Å². The second-order valence-corrected chi connectivity index (χ2v) is 5.75. The lowest BCUT2D eigenvalue weighted by Crippen LogP contribution is -2.47. The van der Waals surface area contributed by atoms with E-state index in [1.807, 2.05) is 18.2 Å². The number of carbonyl (C=O) groups is 1. The molecule has 7 heteroatoms. The molecule has 0 spiro atoms. The monoisotopic (exact) mass is 326 g/mol. The Bertz CT molecular complexity index is 490. The summed E-state index contributed by atoms with van der Waals surface area (Å²) in [6, 6.07) is 10.2. The molecule has 1 saturated heterocycles. The zero-order chi connectivity index (χ0) is 16.7. The number of benzene rings is 1. The Morgan fingerprint density at radius 2 is 1.83 bits per heavy atom. The molecule has 2 rings (SSSR count). The maximum absolute atomic E-state index is 13.0. The highest BCUT2D eigenvalue weighted by Crippen LogP contribution is 2.15. The summed E-state index contributed by atoms with van der Waals surface area (Å²) < 4.78 is 25.9. The number of rotatable bonds is 7. The standard InChI is InChI=1S/C16H24F2N4O/c17-16(18,12-19)13-20-15(23)6-7-21-8-10-22(11-9-21)14-4-2-1-3-5-14/h1-5H,6-13,19H2,(H,20,23). The van der Waals surface area contributed by atoms with Crippen LogP contribution in [0, 0.1) is 0 Å². The van der Waals surface area contributed by atoms with Gasteiger partial charge in [0.25, 0.3) is 5.92 Å². The summed E-state index contributed by atoms with van der Waals surface area (Å²) in [6.07, 6.45) is 0.228. The molecule has 1 aliphatic heterocycles. The number of hydrogen-bond acceptors (Lipinski definition) is 4. The lowest BCUT2D eigenvalue weighted by molar-refractivity contribution is -0.123. The van der Waals surface area contributed by atoms with E-state index in [0.717, 1.165) is 26.2 Å². The van der Waals surface area contributed by atoms with Gasteiger partial charge >= 0.3 is 0 Å². The van der Waals surface area contributed by atoms with E-state index in [1.54, 1.807) is 0 Å². The summed E-state index contributed by atoms with van der Waals surface area (Å²) in [5, 5.41) is 2.24. The summed E-state index contributed by atoms with van der Waals surface area (Å²) in [7, 11) is 0. The average Bonchev–Trinajstić information content (AvgIpc) is 2.59. The first-order valence-electron chi connectivity index (χ1n) is 7.87. The number of nitrogens with zero attached hydrogens (tertiary/aromatic N) is 2. The van der Waals surface area contributed by atoms with E-state index in [1.165, 1.54) is 5.69 Å². The number of amides is 1. The number of para-hydroxylation sites is 1. The summed E-state index contributed by atoms with van der Waals surface area (Å²) in [6.45, 7) is 2.66. The van der Waals surface area contributed by atoms with Crippen LogP contribution in [0.4, 0.5) is 14.5 Å². The maximum Gasteiger partial charge on any atom is 0.277 e. The summed E-state index contributed by atoms with van der Waals surface area (Å²) in [5.74, 6) is -3.39. The lowest BCUT2D eigenvalue weighted by atomic mass is 10.2. The Hall–Kier alpha value is -1.73. The Kier molecular flexibility index (Phi) is 6.29. The Balaban J connectivity index is 1.66. The normalized spacial score (nSPS) is 16.4. The van der Waals surface area contributed by atoms with Crippen LogP contribution in [0.15, 0.2) is 30.3 Å². The molecule has 0 radical (unpaired) electrons. The van der Waals surface area contributed by atoms with E-state index in [0.29, 0.717) is 6.54 Å². The minimum absolute atomic E-state index is 0.228. The molecule has 1 fully saturated rings. The van der Waals surface area contributed by atoms with E-state index in [9.17, 15) is 13.6 Å². The van der Waals surface area contributed by atoms with Gasteiger partial charge in [0.1, 0.15) is 0 Å². The molecule has 1 aromatic carbocycles. The van der Waals surface area contributed by atoms with Crippen LogP contribution in [0.3, 0.4) is 0 Å². The number of nitrogens with two attached hydrogens (primary N) is 1. The number of alkyl halides is 2. The molecule has 0 aliphatic carbocycles. The first-order valence-corrected chi connectivity index (χ1v) is 7.87. The van der Waals surface area contributed by atoms with Crippen molar-refractivity contribution in [3.8, 4) is 0 Å². The van der Waals surface area contributed by atoms with Crippen LogP contribution in [-0.4, -0.2) is 62.5 Å². The van der Waals surface area contributed by atoms with E-state index in [2.05, 4.69) is 27.2 Å². The zero-order valence-corrected chi connectivity index (χ0v) is 13.2. The van der Waals surface area contributed by atoms with Crippen molar-refractivity contribution in [3.05, 3.63) is 30.3 Å². The highest BCUT2D eigenvalue weighted by atomic mass is 19.3. The molecule has 1 amide bonds. The first-order chi connectivity index (χ1) is 11.0. The fraction of sp³-hybridized carbons (Fsp3) is 0.562. The van der Waals surface area contributed by atoms with E-state index < -0.39 is 19.0 Å². The van der Waals surface area contributed by atoms with E-state index >= 15 is 0 Å². The SMILES string of the molecule is NCC(F)(F)CNC(=O)CCN1CCN(c2ccccc2)CC1. The minimum Gasteiger partial charge on any atom is -0.369 e. The molecule has 1 aromatic rings. The number of halogens is 2. The second-order valence-electron chi connectivity index (χ2n) is 5.75. The smallest absolute Gasteiger partial charge is 0.277 e. The lowest BCUT2D eigenvalue weighted by Gasteiger charge is -2.36. The maximum atomic E-state index is 13.0. The van der Waals surface area contributed by atoms with Crippen LogP contribution in [0.1, 0.15) is 6.42 Å². The van der Waals surface area contributed by atoms with Crippen molar-refractivity contribution in [2.45, 2.75) is 12.3 Å². The number of anilines is 1. The summed E-state index contributed by atoms with van der Waals surface area (Å²) in [4.78, 5) is 16.1. The van der Waals surface area contributed by atoms with Crippen LogP contribution in [0.2, 0.25) is 0 Å². The molecule has 23 heavy (non-hydrogen) atoms. The molecule has 0 saturated carbocycles. The molecule has 0 aromatic heterocycles. The molecule has 0 atom stereocenters. The molecule has 128 valence electrons. The van der Waals surface area contributed by atoms with Gasteiger partial charge in [-0.3, -0.25) is 9.69 Å². The zero-order valence-electron chi connectivity index (χ0n) is 13.2. The van der Waals surface area contributed by atoms with Gasteiger partial charge in [-0.2, -0.15) is 0 Å². The van der Waals surface area contributed by atoms with Gasteiger partial charge in [0, 0.05) is 44.8 Å². The van der Waals surface area contributed by atoms with Crippen LogP contribution < -0.4 is 16.0 Å². The number of nitrogens with one attached hydrogen (secondary N) is 1. The van der Waals surface area contributed by atoms with E-state index in [-0.39, 0.29) is 12.3 Å². The highest BCUT2D eigenvalue weighted by molar-refractivity contribution is 5.76. The fourth-order valence-corrected chi connectivity index (χ4v) is 2.52. The van der Waals surface area contributed by atoms with Crippen molar-refractivity contribution >= 4 is 11.6 Å². The predicted molar refractivity (Wildman–Crippen MR) is 86.7 cm³/mol. The topological polar surface area (TPSA) is 61.6 Å². The first kappa shape index (κ1) is 17.6. The van der Waals surface area contributed by atoms with Gasteiger partial charge in [-0.05, 0) is 12.1 Å². The van der Waals surface area contributed by atoms with Gasteiger partial charge in [0.2, 0.25) is 5.91 Å². The van der Waals surface area contributed by atoms with Crippen LogP contribution in [0.5, 0.6) is 0 Å². The number of piperazine rings is 1. The Labute approximate surface area is 135 Å². The third-order valence-electron chi connectivity index (χ3n) is 3.99. The largest absolute Gasteiger partial charge is 0.369 e. The highest BCUT2D eigenvalue weighted by Gasteiger charge is 2.27. The number of hydrogen-bond donors (Lipinski definition) is 2. The predicted octanol–water partition coefficient (Wildman–Crippen LogP) is 0.909. The van der Waals surface area contributed by atoms with Crippen molar-refractivity contribution in [2.75, 3.05) is 50.7 Å². The third-order valence-corrected chi connectivity index (χ3v) is 3.99. The molecule has 0 bridgehead atoms. The molecule has 1 aliphatic rings. The number of carbonyl (C=O) groups excluding carboxylic acids is 1. The summed E-state index contributed by atoms with van der Waals surface area (Å²) in [5.41, 5.74) is 6.13. The van der Waals surface area contributed by atoms with Gasteiger partial charge in [-0.25, -0.2) is 8.78 Å². The van der Waals surface area contributed by atoms with Crippen molar-refractivity contribution in [2.24, 2.45) is 5.73 Å². The minimum atomic E-state index is -3.03. The van der Waals surface area contributed by atoms with Crippen molar-refractivity contribution in [1.82, 2.24) is 10.2 Å². The third kappa shape index (κ3) is 5.76. The molecule has 3 N–H and O–H groups in total. The van der Waals surface area contributed by atoms with Gasteiger partial charge in [-0.15, -0.1) is 0 Å². The van der Waals surface area contributed by atoms with Gasteiger partial charge in [-0.1, -0.05) is 18.2 Å². The summed E-state index contributed by atoms with van der Waals surface area (Å²) >= 11 is 0. The van der Waals surface area contributed by atoms with Crippen LogP contribution in [-0.2, 0) is 4.79 Å². The molecular formula is C16H24F2N4O. The van der Waals surface area contributed by atoms with Crippen molar-refractivity contribution in [1.29, 1.82) is 0 Å². The molecule has 0 unspecified atom stereocenters. The van der Waals surface area contributed by atoms with Gasteiger partial charge in [0.15, 0.2) is 0 Å². The fourth-order valence-electron chi connectivity index (χ4n) is 2.52. The Morgan fingerprint density at radius 3 is 2.43 bits per heavy atom. The van der Waals surface area contributed by atoms with Gasteiger partial charge in [0.05, 0.1) is 13.1 Å². The molecule has 5 nitrogen and oxygen atoms in total. The molecular weight excluding hydrogens is 302 g/mol. The van der Waals surface area contributed by atoms with Gasteiger partial charge < -0.3 is 16.0 Å². The quantitative estimate of drug-likeness (QED) is 0.782. The van der Waals surface area contributed by atoms with Crippen LogP contribution >= 0.6 is 0 Å². The molecule has 1 heterocycles. The average molecular weight is 326 g/mol.